The van der Waals surface area contributed by atoms with Crippen LogP contribution in [0.15, 0.2) is 30.3 Å². The third kappa shape index (κ3) is 5.63. The van der Waals surface area contributed by atoms with Crippen LogP contribution in [-0.4, -0.2) is 52.5 Å². The van der Waals surface area contributed by atoms with E-state index in [9.17, 15) is 14.7 Å². The Morgan fingerprint density at radius 3 is 2.48 bits per heavy atom. The highest BCUT2D eigenvalue weighted by atomic mass is 16.6. The van der Waals surface area contributed by atoms with Crippen LogP contribution in [0.4, 0.5) is 9.59 Å². The van der Waals surface area contributed by atoms with E-state index in [4.69, 9.17) is 9.47 Å². The summed E-state index contributed by atoms with van der Waals surface area (Å²) in [5.74, 6) is -0.109. The molecule has 1 aliphatic carbocycles. The summed E-state index contributed by atoms with van der Waals surface area (Å²) in [6, 6.07) is 9.33. The van der Waals surface area contributed by atoms with E-state index in [1.807, 2.05) is 51.1 Å². The highest BCUT2D eigenvalue weighted by molar-refractivity contribution is 5.69. The fraction of sp³-hybridized carbons (Fsp3) is 0.636. The zero-order valence-corrected chi connectivity index (χ0v) is 17.5. The molecule has 1 saturated carbocycles. The van der Waals surface area contributed by atoms with Gasteiger partial charge in [-0.25, -0.2) is 9.59 Å². The monoisotopic (exact) mass is 404 g/mol. The van der Waals surface area contributed by atoms with E-state index in [0.717, 1.165) is 31.2 Å². The number of hydrogen-bond donors (Lipinski definition) is 2. The van der Waals surface area contributed by atoms with E-state index >= 15 is 0 Å². The van der Waals surface area contributed by atoms with Gasteiger partial charge in [0.1, 0.15) is 17.8 Å². The predicted octanol–water partition coefficient (Wildman–Crippen LogP) is 3.45. The van der Waals surface area contributed by atoms with Crippen molar-refractivity contribution in [2.75, 3.05) is 13.1 Å². The van der Waals surface area contributed by atoms with Gasteiger partial charge in [0.05, 0.1) is 13.1 Å². The van der Waals surface area contributed by atoms with Crippen molar-refractivity contribution in [3.63, 3.8) is 0 Å². The number of rotatable bonds is 4. The minimum absolute atomic E-state index is 0.109. The maximum absolute atomic E-state index is 12.3. The van der Waals surface area contributed by atoms with Crippen LogP contribution in [-0.2, 0) is 16.1 Å². The molecule has 1 aliphatic heterocycles. The smallest absolute Gasteiger partial charge is 0.410 e. The van der Waals surface area contributed by atoms with E-state index in [-0.39, 0.29) is 31.7 Å². The molecule has 0 spiro atoms. The summed E-state index contributed by atoms with van der Waals surface area (Å²) in [5, 5.41) is 14.0. The Balaban J connectivity index is 1.52. The van der Waals surface area contributed by atoms with Gasteiger partial charge in [-0.2, -0.15) is 0 Å². The molecule has 1 aromatic rings. The summed E-state index contributed by atoms with van der Waals surface area (Å²) in [6.07, 6.45) is 2.71. The van der Waals surface area contributed by atoms with E-state index in [0.29, 0.717) is 0 Å². The van der Waals surface area contributed by atoms with Crippen LogP contribution in [0, 0.1) is 5.92 Å². The second kappa shape index (κ2) is 8.61. The topological polar surface area (TPSA) is 88.1 Å². The Morgan fingerprint density at radius 1 is 1.17 bits per heavy atom. The molecule has 2 amide bonds. The van der Waals surface area contributed by atoms with Crippen molar-refractivity contribution < 1.29 is 24.2 Å². The van der Waals surface area contributed by atoms with Gasteiger partial charge < -0.3 is 24.8 Å². The van der Waals surface area contributed by atoms with Gasteiger partial charge in [0.25, 0.3) is 0 Å². The Kier molecular flexibility index (Phi) is 6.36. The van der Waals surface area contributed by atoms with Crippen LogP contribution < -0.4 is 5.32 Å². The molecule has 0 unspecified atom stereocenters. The fourth-order valence-corrected chi connectivity index (χ4v) is 4.19. The molecule has 2 fully saturated rings. The van der Waals surface area contributed by atoms with Crippen LogP contribution in [0.25, 0.3) is 0 Å². The zero-order chi connectivity index (χ0) is 21.1. The summed E-state index contributed by atoms with van der Waals surface area (Å²) in [4.78, 5) is 26.0. The number of hydrogen-bond acceptors (Lipinski definition) is 5. The molecule has 3 rings (SSSR count). The summed E-state index contributed by atoms with van der Waals surface area (Å²) >= 11 is 0. The number of alkyl carbamates (subject to hydrolysis) is 1. The van der Waals surface area contributed by atoms with Gasteiger partial charge in [0, 0.05) is 12.0 Å². The molecule has 1 saturated heterocycles. The molecule has 29 heavy (non-hydrogen) atoms. The van der Waals surface area contributed by atoms with E-state index in [1.165, 1.54) is 4.90 Å². The first kappa shape index (κ1) is 21.4. The molecular formula is C22H32N2O5. The summed E-state index contributed by atoms with van der Waals surface area (Å²) in [5.41, 5.74) is -0.655. The molecule has 7 heteroatoms. The first-order chi connectivity index (χ1) is 13.7. The summed E-state index contributed by atoms with van der Waals surface area (Å²) < 4.78 is 10.7. The van der Waals surface area contributed by atoms with Gasteiger partial charge in [-0.05, 0) is 39.2 Å². The van der Waals surface area contributed by atoms with Gasteiger partial charge in [-0.3, -0.25) is 0 Å². The maximum atomic E-state index is 12.3. The second-order valence-electron chi connectivity index (χ2n) is 9.14. The maximum Gasteiger partial charge on any atom is 0.410 e. The standard InChI is InChI=1S/C22H32N2O5/c1-21(2,3)29-19(25)23-18-12-8-7-11-17(18)22(27)14-24(15-22)20(26)28-13-16-9-5-4-6-10-16/h4-6,9-10,17-18,27H,7-8,11-15H2,1-3H3,(H,23,25)/t17-,18+/m1/s1. The van der Waals surface area contributed by atoms with Crippen molar-refractivity contribution in [1.82, 2.24) is 10.2 Å². The third-order valence-electron chi connectivity index (χ3n) is 5.55. The van der Waals surface area contributed by atoms with Crippen molar-refractivity contribution in [3.8, 4) is 0 Å². The minimum Gasteiger partial charge on any atom is -0.445 e. The average Bonchev–Trinajstić information content (AvgIpc) is 2.63. The zero-order valence-electron chi connectivity index (χ0n) is 17.5. The highest BCUT2D eigenvalue weighted by Crippen LogP contribution is 2.39. The summed E-state index contributed by atoms with van der Waals surface area (Å²) in [7, 11) is 0. The Hall–Kier alpha value is -2.28. The second-order valence-corrected chi connectivity index (χ2v) is 9.14. The Morgan fingerprint density at radius 2 is 1.83 bits per heavy atom. The van der Waals surface area contributed by atoms with E-state index < -0.39 is 23.4 Å². The van der Waals surface area contributed by atoms with Crippen LogP contribution in [0.5, 0.6) is 0 Å². The number of β-amino-alcohol motifs (C(OH)–C–C–N with tert-alkyl or cyclic N) is 1. The normalized spacial score (nSPS) is 23.7. The van der Waals surface area contributed by atoms with Crippen LogP contribution in [0.1, 0.15) is 52.0 Å². The molecule has 2 aliphatic rings. The third-order valence-corrected chi connectivity index (χ3v) is 5.55. The van der Waals surface area contributed by atoms with Crippen molar-refractivity contribution in [2.45, 2.75) is 70.3 Å². The minimum atomic E-state index is -1.01. The number of likely N-dealkylation sites (tertiary alicyclic amines) is 1. The SMILES string of the molecule is CC(C)(C)OC(=O)N[C@H]1CCCC[C@H]1C1(O)CN(C(=O)OCc2ccccc2)C1. The van der Waals surface area contributed by atoms with Gasteiger partial charge in [0.15, 0.2) is 0 Å². The van der Waals surface area contributed by atoms with E-state index in [2.05, 4.69) is 5.32 Å². The van der Waals surface area contributed by atoms with Gasteiger partial charge in [-0.1, -0.05) is 43.2 Å². The summed E-state index contributed by atoms with van der Waals surface area (Å²) in [6.45, 7) is 6.12. The lowest BCUT2D eigenvalue weighted by Gasteiger charge is -2.53. The van der Waals surface area contributed by atoms with Gasteiger partial charge >= 0.3 is 12.2 Å². The van der Waals surface area contributed by atoms with Crippen molar-refractivity contribution in [1.29, 1.82) is 0 Å². The lowest BCUT2D eigenvalue weighted by molar-refractivity contribution is -0.140. The predicted molar refractivity (Wildman–Crippen MR) is 108 cm³/mol. The van der Waals surface area contributed by atoms with Crippen molar-refractivity contribution in [2.24, 2.45) is 5.92 Å². The number of carbonyl (C=O) groups is 2. The molecule has 0 aromatic heterocycles. The number of nitrogens with zero attached hydrogens (tertiary/aromatic N) is 1. The molecule has 7 nitrogen and oxygen atoms in total. The number of ether oxygens (including phenoxy) is 2. The van der Waals surface area contributed by atoms with Crippen LogP contribution >= 0.6 is 0 Å². The first-order valence-electron chi connectivity index (χ1n) is 10.3. The first-order valence-corrected chi connectivity index (χ1v) is 10.3. The number of amides is 2. The largest absolute Gasteiger partial charge is 0.445 e. The van der Waals surface area contributed by atoms with Gasteiger partial charge in [-0.15, -0.1) is 0 Å². The molecular weight excluding hydrogens is 372 g/mol. The number of aliphatic hydroxyl groups is 1. The quantitative estimate of drug-likeness (QED) is 0.802. The van der Waals surface area contributed by atoms with E-state index in [1.54, 1.807) is 0 Å². The molecule has 1 heterocycles. The number of carbonyl (C=O) groups excluding carboxylic acids is 2. The van der Waals surface area contributed by atoms with Crippen molar-refractivity contribution >= 4 is 12.2 Å². The average molecular weight is 405 g/mol. The van der Waals surface area contributed by atoms with Crippen LogP contribution in [0.2, 0.25) is 0 Å². The Bertz CT molecular complexity index is 710. The fourth-order valence-electron chi connectivity index (χ4n) is 4.19. The lowest BCUT2D eigenvalue weighted by Crippen LogP contribution is -2.70. The number of nitrogens with one attached hydrogen (secondary N) is 1. The number of benzene rings is 1. The molecule has 2 atom stereocenters. The van der Waals surface area contributed by atoms with Crippen LogP contribution in [0.3, 0.4) is 0 Å². The Labute approximate surface area is 172 Å². The molecule has 160 valence electrons. The molecule has 2 N–H and O–H groups in total. The molecule has 1 aromatic carbocycles. The van der Waals surface area contributed by atoms with Crippen molar-refractivity contribution in [3.05, 3.63) is 35.9 Å². The molecule has 0 radical (unpaired) electrons. The van der Waals surface area contributed by atoms with Gasteiger partial charge in [0.2, 0.25) is 0 Å². The lowest BCUT2D eigenvalue weighted by atomic mass is 9.70. The molecule has 0 bridgehead atoms. The highest BCUT2D eigenvalue weighted by Gasteiger charge is 2.53.